The van der Waals surface area contributed by atoms with Crippen molar-refractivity contribution in [1.29, 1.82) is 0 Å². The van der Waals surface area contributed by atoms with E-state index in [1.807, 2.05) is 11.3 Å². The molecule has 0 amide bonds. The molecule has 3 heteroatoms. The van der Waals surface area contributed by atoms with Crippen LogP contribution < -0.4 is 9.64 Å². The second-order valence-electron chi connectivity index (χ2n) is 19.1. The molecule has 0 fully saturated rings. The maximum Gasteiger partial charge on any atom is 0.140 e. The van der Waals surface area contributed by atoms with Crippen molar-refractivity contribution >= 4 is 70.1 Å². The minimum Gasteiger partial charge on any atom is -0.455 e. The molecule has 12 aromatic carbocycles. The van der Waals surface area contributed by atoms with E-state index in [0.29, 0.717) is 0 Å². The van der Waals surface area contributed by atoms with Gasteiger partial charge in [0.1, 0.15) is 11.5 Å². The minimum atomic E-state index is -0.616. The molecular weight excluding hydrogens is 891 g/mol. The first-order chi connectivity index (χ1) is 35.7. The predicted octanol–water partition coefficient (Wildman–Crippen LogP) is 19.3. The highest BCUT2D eigenvalue weighted by molar-refractivity contribution is 7.25. The lowest BCUT2D eigenvalue weighted by Crippen LogP contribution is -2.32. The maximum absolute atomic E-state index is 7.23. The number of benzene rings is 12. The number of thiophene rings is 1. The first kappa shape index (κ1) is 40.8. The molecule has 13 aromatic rings. The molecule has 0 radical (unpaired) electrons. The van der Waals surface area contributed by atoms with Gasteiger partial charge in [0.2, 0.25) is 0 Å². The summed E-state index contributed by atoms with van der Waals surface area (Å²) in [5.41, 5.74) is 17.2. The third-order valence-electron chi connectivity index (χ3n) is 15.3. The summed E-state index contributed by atoms with van der Waals surface area (Å²) < 4.78 is 9.87. The zero-order valence-corrected chi connectivity index (χ0v) is 39.9. The number of anilines is 3. The number of fused-ring (bicyclic) bond motifs is 16. The van der Waals surface area contributed by atoms with Gasteiger partial charge >= 0.3 is 0 Å². The number of nitrogens with zero attached hydrogens (tertiary/aromatic N) is 1. The molecule has 0 unspecified atom stereocenters. The number of rotatable bonds is 6. The zero-order valence-electron chi connectivity index (χ0n) is 39.1. The van der Waals surface area contributed by atoms with Crippen molar-refractivity contribution < 1.29 is 4.74 Å². The van der Waals surface area contributed by atoms with Gasteiger partial charge in [0, 0.05) is 59.1 Å². The Labute approximate surface area is 421 Å². The summed E-state index contributed by atoms with van der Waals surface area (Å²) in [7, 11) is 0. The van der Waals surface area contributed by atoms with E-state index >= 15 is 0 Å². The van der Waals surface area contributed by atoms with E-state index in [9.17, 15) is 0 Å². The van der Waals surface area contributed by atoms with Gasteiger partial charge in [-0.3, -0.25) is 0 Å². The van der Waals surface area contributed by atoms with E-state index < -0.39 is 5.41 Å². The summed E-state index contributed by atoms with van der Waals surface area (Å²) in [6.45, 7) is 0. The topological polar surface area (TPSA) is 12.5 Å². The Morgan fingerprint density at radius 1 is 0.306 bits per heavy atom. The Kier molecular flexibility index (Phi) is 9.08. The average molecular weight is 934 g/mol. The lowest BCUT2D eigenvalue weighted by molar-refractivity contribution is 0.447. The second kappa shape index (κ2) is 16.0. The van der Waals surface area contributed by atoms with E-state index in [2.05, 4.69) is 266 Å². The quantitative estimate of drug-likeness (QED) is 0.165. The van der Waals surface area contributed by atoms with Gasteiger partial charge in [-0.15, -0.1) is 11.3 Å². The molecule has 0 atom stereocenters. The molecule has 336 valence electrons. The zero-order chi connectivity index (χ0) is 47.3. The van der Waals surface area contributed by atoms with Crippen LogP contribution in [0.2, 0.25) is 0 Å². The van der Waals surface area contributed by atoms with Gasteiger partial charge in [-0.1, -0.05) is 206 Å². The van der Waals surface area contributed by atoms with Crippen molar-refractivity contribution in [2.45, 2.75) is 5.41 Å². The van der Waals surface area contributed by atoms with Crippen molar-refractivity contribution in [3.8, 4) is 56.0 Å². The molecule has 2 aliphatic rings. The van der Waals surface area contributed by atoms with E-state index in [0.717, 1.165) is 55.7 Å². The predicted molar refractivity (Wildman–Crippen MR) is 303 cm³/mol. The summed E-state index contributed by atoms with van der Waals surface area (Å²) in [6, 6.07) is 95.9. The van der Waals surface area contributed by atoms with Crippen LogP contribution in [0.3, 0.4) is 0 Å². The molecule has 1 spiro atoms. The van der Waals surface area contributed by atoms with E-state index in [1.54, 1.807) is 0 Å². The van der Waals surface area contributed by atoms with Crippen LogP contribution in [0, 0.1) is 0 Å². The molecule has 0 saturated heterocycles. The fourth-order valence-electron chi connectivity index (χ4n) is 12.1. The van der Waals surface area contributed by atoms with Crippen LogP contribution >= 0.6 is 11.3 Å². The Bertz CT molecular complexity index is 4220. The van der Waals surface area contributed by atoms with Gasteiger partial charge < -0.3 is 9.64 Å². The van der Waals surface area contributed by atoms with Crippen LogP contribution in [0.15, 0.2) is 261 Å². The summed E-state index contributed by atoms with van der Waals surface area (Å²) >= 11 is 1.86. The second-order valence-corrected chi connectivity index (χ2v) is 20.2. The average Bonchev–Trinajstić information content (AvgIpc) is 3.97. The summed E-state index contributed by atoms with van der Waals surface area (Å²) in [5.74, 6) is 1.85. The van der Waals surface area contributed by atoms with Crippen LogP contribution in [-0.2, 0) is 5.41 Å². The van der Waals surface area contributed by atoms with Crippen LogP contribution in [0.1, 0.15) is 22.3 Å². The van der Waals surface area contributed by atoms with Gasteiger partial charge in [0.15, 0.2) is 0 Å². The molecule has 0 bridgehead atoms. The maximum atomic E-state index is 7.23. The molecule has 2 heterocycles. The van der Waals surface area contributed by atoms with Crippen molar-refractivity contribution in [1.82, 2.24) is 0 Å². The highest BCUT2D eigenvalue weighted by atomic mass is 32.1. The highest BCUT2D eigenvalue weighted by Gasteiger charge is 2.52. The van der Waals surface area contributed by atoms with Gasteiger partial charge in [-0.25, -0.2) is 0 Å². The Balaban J connectivity index is 0.880. The van der Waals surface area contributed by atoms with Crippen LogP contribution in [0.4, 0.5) is 17.1 Å². The van der Waals surface area contributed by atoms with Crippen molar-refractivity contribution in [3.05, 3.63) is 283 Å². The molecule has 15 rings (SSSR count). The summed E-state index contributed by atoms with van der Waals surface area (Å²) in [6.07, 6.45) is 0. The number of hydrogen-bond acceptors (Lipinski definition) is 3. The Morgan fingerprint density at radius 2 is 0.833 bits per heavy atom. The van der Waals surface area contributed by atoms with E-state index in [-0.39, 0.29) is 0 Å². The number of ether oxygens (including phenoxy) is 1. The molecule has 0 N–H and O–H groups in total. The SMILES string of the molecule is c1ccc(-c2cccc(N(c3ccc(-c4ccc5sc6ccccc6c5c4)cc3)c3ccc(-c4cccc5c4-c4ccccc4C54c5ccc6ccccc6c5Oc5c4ccc4ccccc54)cc3)c2)cc1. The third-order valence-corrected chi connectivity index (χ3v) is 16.5. The molecule has 0 saturated carbocycles. The van der Waals surface area contributed by atoms with Crippen molar-refractivity contribution in [2.75, 3.05) is 4.90 Å². The molecule has 1 aliphatic carbocycles. The summed E-state index contributed by atoms with van der Waals surface area (Å²) in [5, 5.41) is 7.19. The van der Waals surface area contributed by atoms with Gasteiger partial charge in [0.25, 0.3) is 0 Å². The molecule has 1 aromatic heterocycles. The first-order valence-electron chi connectivity index (χ1n) is 24.7. The third kappa shape index (κ3) is 6.08. The van der Waals surface area contributed by atoms with Crippen molar-refractivity contribution in [2.24, 2.45) is 0 Å². The first-order valence-corrected chi connectivity index (χ1v) is 25.5. The van der Waals surface area contributed by atoms with Crippen LogP contribution in [-0.4, -0.2) is 0 Å². The minimum absolute atomic E-state index is 0.616. The lowest BCUT2D eigenvalue weighted by Gasteiger charge is -2.40. The largest absolute Gasteiger partial charge is 0.455 e. The smallest absolute Gasteiger partial charge is 0.140 e. The van der Waals surface area contributed by atoms with Gasteiger partial charge in [-0.05, 0) is 121 Å². The highest BCUT2D eigenvalue weighted by Crippen LogP contribution is 2.65. The van der Waals surface area contributed by atoms with E-state index in [4.69, 9.17) is 4.74 Å². The van der Waals surface area contributed by atoms with Crippen LogP contribution in [0.5, 0.6) is 11.5 Å². The van der Waals surface area contributed by atoms with Gasteiger partial charge in [-0.2, -0.15) is 0 Å². The normalized spacial score (nSPS) is 12.9. The van der Waals surface area contributed by atoms with Crippen LogP contribution in [0.25, 0.3) is 86.2 Å². The molecule has 1 aliphatic heterocycles. The summed E-state index contributed by atoms with van der Waals surface area (Å²) in [4.78, 5) is 2.39. The Hall–Kier alpha value is -9.02. The lowest BCUT2D eigenvalue weighted by atomic mass is 9.65. The monoisotopic (exact) mass is 933 g/mol. The van der Waals surface area contributed by atoms with E-state index in [1.165, 1.54) is 81.4 Å². The Morgan fingerprint density at radius 3 is 1.57 bits per heavy atom. The standard InChI is InChI=1S/C69H43NOS/c1-2-14-44(15-3-1)49-18-12-19-53(42-49)70(51-35-28-45(29-36-51)50-34-41-65-59(43-50)57-22-9-11-27-64(57)72-65)52-37-30-48(31-38-52)54-24-13-26-61-66(54)58-23-8-10-25-60(58)69(61)62-39-32-46-16-4-6-20-55(46)67(62)71-68-56-21-7-5-17-47(56)33-40-63(68)69/h1-43H. The fourth-order valence-corrected chi connectivity index (χ4v) is 13.2. The number of hydrogen-bond donors (Lipinski definition) is 0. The molecule has 2 nitrogen and oxygen atoms in total. The molecule has 72 heavy (non-hydrogen) atoms. The van der Waals surface area contributed by atoms with Crippen molar-refractivity contribution in [3.63, 3.8) is 0 Å². The molecular formula is C69H43NOS. The van der Waals surface area contributed by atoms with Gasteiger partial charge in [0.05, 0.1) is 5.41 Å². The fraction of sp³-hybridized carbons (Fsp3) is 0.0145.